The van der Waals surface area contributed by atoms with Crippen molar-refractivity contribution < 1.29 is 4.74 Å². The van der Waals surface area contributed by atoms with Crippen LogP contribution in [0.4, 0.5) is 0 Å². The Balaban J connectivity index is 2.26. The first-order valence-electron chi connectivity index (χ1n) is 5.63. The Bertz CT molecular complexity index is 331. The van der Waals surface area contributed by atoms with Gasteiger partial charge in [0.2, 0.25) is 0 Å². The van der Waals surface area contributed by atoms with Crippen LogP contribution in [0.25, 0.3) is 0 Å². The van der Waals surface area contributed by atoms with Gasteiger partial charge < -0.3 is 10.5 Å². The number of ether oxygens (including phenoxy) is 1. The summed E-state index contributed by atoms with van der Waals surface area (Å²) < 4.78 is 7.30. The second-order valence-electron chi connectivity index (χ2n) is 4.18. The van der Waals surface area contributed by atoms with Crippen molar-refractivity contribution in [2.75, 3.05) is 7.11 Å². The fourth-order valence-corrected chi connectivity index (χ4v) is 1.94. The Morgan fingerprint density at radius 3 is 2.93 bits per heavy atom. The smallest absolute Gasteiger partial charge is 0.161 e. The molecule has 2 rings (SSSR count). The van der Waals surface area contributed by atoms with Crippen LogP contribution in [0.15, 0.2) is 6.20 Å². The van der Waals surface area contributed by atoms with E-state index in [1.54, 1.807) is 13.3 Å². The van der Waals surface area contributed by atoms with E-state index in [9.17, 15) is 0 Å². The summed E-state index contributed by atoms with van der Waals surface area (Å²) in [6.07, 6.45) is 5.31. The van der Waals surface area contributed by atoms with Crippen molar-refractivity contribution in [1.82, 2.24) is 9.78 Å². The summed E-state index contributed by atoms with van der Waals surface area (Å²) in [6.45, 7) is 3.06. The van der Waals surface area contributed by atoms with Crippen LogP contribution < -0.4 is 10.5 Å². The van der Waals surface area contributed by atoms with Crippen LogP contribution >= 0.6 is 0 Å². The van der Waals surface area contributed by atoms with Crippen LogP contribution in [0.5, 0.6) is 5.75 Å². The first-order valence-corrected chi connectivity index (χ1v) is 5.63. The number of aryl methyl sites for hydroxylation is 1. The molecule has 1 fully saturated rings. The van der Waals surface area contributed by atoms with Crippen molar-refractivity contribution in [3.05, 3.63) is 11.9 Å². The molecule has 84 valence electrons. The summed E-state index contributed by atoms with van der Waals surface area (Å²) in [5.41, 5.74) is 7.28. The molecular formula is C11H19N3O. The predicted molar refractivity (Wildman–Crippen MR) is 58.7 cm³/mol. The van der Waals surface area contributed by atoms with Crippen LogP contribution in [-0.4, -0.2) is 16.9 Å². The molecule has 1 aliphatic carbocycles. The molecule has 0 spiro atoms. The lowest BCUT2D eigenvalue weighted by molar-refractivity contribution is 0.396. The zero-order valence-electron chi connectivity index (χ0n) is 9.44. The molecule has 1 saturated carbocycles. The number of nitrogens with two attached hydrogens (primary N) is 1. The van der Waals surface area contributed by atoms with Crippen LogP contribution in [0.2, 0.25) is 0 Å². The lowest BCUT2D eigenvalue weighted by atomic mass is 10.1. The van der Waals surface area contributed by atoms with Crippen LogP contribution in [-0.2, 0) is 6.54 Å². The normalized spacial score (nSPS) is 17.8. The van der Waals surface area contributed by atoms with Gasteiger partial charge in [-0.2, -0.15) is 5.10 Å². The van der Waals surface area contributed by atoms with Crippen molar-refractivity contribution in [1.29, 1.82) is 0 Å². The Morgan fingerprint density at radius 1 is 1.67 bits per heavy atom. The molecule has 15 heavy (non-hydrogen) atoms. The van der Waals surface area contributed by atoms with Gasteiger partial charge >= 0.3 is 0 Å². The summed E-state index contributed by atoms with van der Waals surface area (Å²) >= 11 is 0. The van der Waals surface area contributed by atoms with Crippen LogP contribution in [0.1, 0.15) is 37.9 Å². The predicted octanol–water partition coefficient (Wildman–Crippen LogP) is 1.71. The van der Waals surface area contributed by atoms with Crippen LogP contribution in [0, 0.1) is 5.92 Å². The molecule has 0 amide bonds. The molecule has 0 radical (unpaired) electrons. The zero-order chi connectivity index (χ0) is 10.8. The van der Waals surface area contributed by atoms with Gasteiger partial charge in [0.25, 0.3) is 0 Å². The molecule has 0 bridgehead atoms. The highest BCUT2D eigenvalue weighted by atomic mass is 16.5. The molecule has 1 aliphatic rings. The molecule has 0 aliphatic heterocycles. The summed E-state index contributed by atoms with van der Waals surface area (Å²) in [4.78, 5) is 0. The highest BCUT2D eigenvalue weighted by Gasteiger charge is 2.33. The molecule has 4 heteroatoms. The summed E-state index contributed by atoms with van der Waals surface area (Å²) in [5, 5.41) is 4.32. The lowest BCUT2D eigenvalue weighted by Gasteiger charge is -2.14. The van der Waals surface area contributed by atoms with Crippen molar-refractivity contribution in [3.63, 3.8) is 0 Å². The average molecular weight is 209 g/mol. The van der Waals surface area contributed by atoms with E-state index in [1.807, 2.05) is 4.68 Å². The van der Waals surface area contributed by atoms with Gasteiger partial charge in [-0.15, -0.1) is 0 Å². The molecule has 1 aromatic rings. The standard InChI is InChI=1S/C11H19N3O/c1-3-6-14-11(9(15-2)7-13-14)10(12)8-4-5-8/h7-8,10H,3-6,12H2,1-2H3. The first kappa shape index (κ1) is 10.5. The van der Waals surface area contributed by atoms with Gasteiger partial charge in [-0.3, -0.25) is 4.68 Å². The van der Waals surface area contributed by atoms with Crippen molar-refractivity contribution in [2.45, 2.75) is 38.8 Å². The number of hydrogen-bond acceptors (Lipinski definition) is 3. The minimum Gasteiger partial charge on any atom is -0.493 e. The molecule has 0 saturated heterocycles. The van der Waals surface area contributed by atoms with E-state index in [0.717, 1.165) is 24.4 Å². The third kappa shape index (κ3) is 2.00. The molecule has 1 atom stereocenters. The van der Waals surface area contributed by atoms with E-state index in [2.05, 4.69) is 12.0 Å². The zero-order valence-corrected chi connectivity index (χ0v) is 9.44. The maximum absolute atomic E-state index is 6.21. The minimum atomic E-state index is 0.0917. The molecule has 1 heterocycles. The number of aromatic nitrogens is 2. The Hall–Kier alpha value is -1.03. The van der Waals surface area contributed by atoms with Gasteiger partial charge in [0.1, 0.15) is 0 Å². The topological polar surface area (TPSA) is 53.1 Å². The van der Waals surface area contributed by atoms with Gasteiger partial charge in [0.05, 0.1) is 25.0 Å². The van der Waals surface area contributed by atoms with E-state index < -0.39 is 0 Å². The third-order valence-corrected chi connectivity index (χ3v) is 2.95. The number of methoxy groups -OCH3 is 1. The molecule has 1 aromatic heterocycles. The van der Waals surface area contributed by atoms with Gasteiger partial charge in [0, 0.05) is 6.54 Å². The van der Waals surface area contributed by atoms with Gasteiger partial charge in [-0.1, -0.05) is 6.92 Å². The van der Waals surface area contributed by atoms with E-state index in [4.69, 9.17) is 10.5 Å². The molecule has 0 aromatic carbocycles. The van der Waals surface area contributed by atoms with E-state index >= 15 is 0 Å². The summed E-state index contributed by atoms with van der Waals surface area (Å²) in [5.74, 6) is 1.47. The lowest BCUT2D eigenvalue weighted by Crippen LogP contribution is -2.18. The Kier molecular flexibility index (Phi) is 2.95. The Morgan fingerprint density at radius 2 is 2.40 bits per heavy atom. The first-order chi connectivity index (χ1) is 7.27. The van der Waals surface area contributed by atoms with Crippen LogP contribution in [0.3, 0.4) is 0 Å². The number of rotatable bonds is 5. The van der Waals surface area contributed by atoms with Crippen molar-refractivity contribution >= 4 is 0 Å². The van der Waals surface area contributed by atoms with Gasteiger partial charge in [-0.25, -0.2) is 0 Å². The Labute approximate surface area is 90.4 Å². The highest BCUT2D eigenvalue weighted by molar-refractivity contribution is 5.29. The monoisotopic (exact) mass is 209 g/mol. The highest BCUT2D eigenvalue weighted by Crippen LogP contribution is 2.41. The van der Waals surface area contributed by atoms with E-state index in [-0.39, 0.29) is 6.04 Å². The van der Waals surface area contributed by atoms with E-state index in [0.29, 0.717) is 5.92 Å². The third-order valence-electron chi connectivity index (χ3n) is 2.95. The molecule has 1 unspecified atom stereocenters. The number of hydrogen-bond donors (Lipinski definition) is 1. The SMILES string of the molecule is CCCn1ncc(OC)c1C(N)C1CC1. The fourth-order valence-electron chi connectivity index (χ4n) is 1.94. The van der Waals surface area contributed by atoms with Gasteiger partial charge in [0.15, 0.2) is 5.75 Å². The van der Waals surface area contributed by atoms with Crippen molar-refractivity contribution in [2.24, 2.45) is 11.7 Å². The average Bonchev–Trinajstić information content (AvgIpc) is 3.00. The largest absolute Gasteiger partial charge is 0.493 e. The fraction of sp³-hybridized carbons (Fsp3) is 0.727. The second-order valence-corrected chi connectivity index (χ2v) is 4.18. The minimum absolute atomic E-state index is 0.0917. The summed E-state index contributed by atoms with van der Waals surface area (Å²) in [7, 11) is 1.68. The molecular weight excluding hydrogens is 190 g/mol. The second kappa shape index (κ2) is 4.23. The maximum atomic E-state index is 6.21. The maximum Gasteiger partial charge on any atom is 0.161 e. The molecule has 4 nitrogen and oxygen atoms in total. The summed E-state index contributed by atoms with van der Waals surface area (Å²) in [6, 6.07) is 0.0917. The van der Waals surface area contributed by atoms with Crippen molar-refractivity contribution in [3.8, 4) is 5.75 Å². The van der Waals surface area contributed by atoms with Gasteiger partial charge in [-0.05, 0) is 25.2 Å². The molecule has 2 N–H and O–H groups in total. The van der Waals surface area contributed by atoms with E-state index in [1.165, 1.54) is 12.8 Å². The number of nitrogens with zero attached hydrogens (tertiary/aromatic N) is 2. The quantitative estimate of drug-likeness (QED) is 0.803.